The van der Waals surface area contributed by atoms with Crippen molar-refractivity contribution in [3.05, 3.63) is 0 Å². The standard InChI is InChI=1S/C10H21N3O/c1-3-8(2)9(11)10(14)13-6-4-12-5-7-13/h8-9,12H,3-7,11H2,1-2H3/t8-,9-/m0/s1. The topological polar surface area (TPSA) is 58.4 Å². The fourth-order valence-electron chi connectivity index (χ4n) is 1.59. The maximum atomic E-state index is 11.9. The summed E-state index contributed by atoms with van der Waals surface area (Å²) in [5.74, 6) is 0.387. The van der Waals surface area contributed by atoms with Gasteiger partial charge in [0.2, 0.25) is 5.91 Å². The van der Waals surface area contributed by atoms with Gasteiger partial charge in [-0.1, -0.05) is 20.3 Å². The second kappa shape index (κ2) is 5.32. The van der Waals surface area contributed by atoms with Crippen LogP contribution in [-0.4, -0.2) is 43.0 Å². The van der Waals surface area contributed by atoms with Crippen LogP contribution < -0.4 is 11.1 Å². The van der Waals surface area contributed by atoms with Gasteiger partial charge in [-0.2, -0.15) is 0 Å². The fourth-order valence-corrected chi connectivity index (χ4v) is 1.59. The summed E-state index contributed by atoms with van der Waals surface area (Å²) in [5, 5.41) is 3.22. The number of nitrogens with one attached hydrogen (secondary N) is 1. The Hall–Kier alpha value is -0.610. The number of hydrogen-bond donors (Lipinski definition) is 2. The lowest BCUT2D eigenvalue weighted by atomic mass is 9.99. The van der Waals surface area contributed by atoms with Gasteiger partial charge < -0.3 is 16.0 Å². The van der Waals surface area contributed by atoms with E-state index in [9.17, 15) is 4.79 Å². The summed E-state index contributed by atoms with van der Waals surface area (Å²) in [5.41, 5.74) is 5.89. The summed E-state index contributed by atoms with van der Waals surface area (Å²) in [7, 11) is 0. The van der Waals surface area contributed by atoms with Gasteiger partial charge in [-0.15, -0.1) is 0 Å². The van der Waals surface area contributed by atoms with Gasteiger partial charge in [0, 0.05) is 26.2 Å². The molecule has 1 aliphatic heterocycles. The highest BCUT2D eigenvalue weighted by molar-refractivity contribution is 5.82. The third-order valence-electron chi connectivity index (χ3n) is 2.97. The number of nitrogens with two attached hydrogens (primary N) is 1. The molecule has 1 aliphatic rings. The number of hydrogen-bond acceptors (Lipinski definition) is 3. The first kappa shape index (κ1) is 11.5. The zero-order chi connectivity index (χ0) is 10.6. The molecule has 0 saturated carbocycles. The van der Waals surface area contributed by atoms with E-state index in [1.165, 1.54) is 0 Å². The first-order valence-electron chi connectivity index (χ1n) is 5.42. The minimum Gasteiger partial charge on any atom is -0.339 e. The van der Waals surface area contributed by atoms with Gasteiger partial charge in [0.1, 0.15) is 0 Å². The molecule has 1 rings (SSSR count). The van der Waals surface area contributed by atoms with Crippen molar-refractivity contribution in [2.24, 2.45) is 11.7 Å². The molecule has 2 atom stereocenters. The van der Waals surface area contributed by atoms with Gasteiger partial charge in [-0.05, 0) is 5.92 Å². The lowest BCUT2D eigenvalue weighted by molar-refractivity contribution is -0.134. The van der Waals surface area contributed by atoms with Crippen molar-refractivity contribution >= 4 is 5.91 Å². The molecule has 0 bridgehead atoms. The van der Waals surface area contributed by atoms with Crippen LogP contribution in [0.4, 0.5) is 0 Å². The van der Waals surface area contributed by atoms with Gasteiger partial charge in [-0.3, -0.25) is 4.79 Å². The van der Waals surface area contributed by atoms with Gasteiger partial charge in [0.25, 0.3) is 0 Å². The number of amides is 1. The van der Waals surface area contributed by atoms with Crippen molar-refractivity contribution in [1.29, 1.82) is 0 Å². The molecule has 1 saturated heterocycles. The van der Waals surface area contributed by atoms with Crippen LogP contribution in [0.5, 0.6) is 0 Å². The molecule has 0 unspecified atom stereocenters. The van der Waals surface area contributed by atoms with Crippen molar-refractivity contribution in [2.45, 2.75) is 26.3 Å². The van der Waals surface area contributed by atoms with E-state index in [2.05, 4.69) is 12.2 Å². The third-order valence-corrected chi connectivity index (χ3v) is 2.97. The van der Waals surface area contributed by atoms with Crippen LogP contribution in [0.2, 0.25) is 0 Å². The fraction of sp³-hybridized carbons (Fsp3) is 0.900. The Morgan fingerprint density at radius 3 is 2.57 bits per heavy atom. The second-order valence-corrected chi connectivity index (χ2v) is 3.99. The van der Waals surface area contributed by atoms with Crippen molar-refractivity contribution in [2.75, 3.05) is 26.2 Å². The molecule has 0 radical (unpaired) electrons. The molecule has 0 aromatic carbocycles. The first-order valence-corrected chi connectivity index (χ1v) is 5.42. The summed E-state index contributed by atoms with van der Waals surface area (Å²) >= 11 is 0. The molecule has 0 aromatic heterocycles. The molecule has 1 heterocycles. The lowest BCUT2D eigenvalue weighted by Crippen LogP contribution is -2.53. The minimum absolute atomic E-state index is 0.112. The molecule has 0 aromatic rings. The lowest BCUT2D eigenvalue weighted by Gasteiger charge is -2.31. The normalized spacial score (nSPS) is 21.8. The van der Waals surface area contributed by atoms with Gasteiger partial charge in [-0.25, -0.2) is 0 Å². The summed E-state index contributed by atoms with van der Waals surface area (Å²) in [6, 6.07) is -0.321. The van der Waals surface area contributed by atoms with E-state index in [1.807, 2.05) is 11.8 Å². The second-order valence-electron chi connectivity index (χ2n) is 3.99. The van der Waals surface area contributed by atoms with E-state index in [1.54, 1.807) is 0 Å². The monoisotopic (exact) mass is 199 g/mol. The van der Waals surface area contributed by atoms with E-state index >= 15 is 0 Å². The first-order chi connectivity index (χ1) is 6.66. The molecule has 4 nitrogen and oxygen atoms in total. The Balaban J connectivity index is 2.46. The molecule has 1 amide bonds. The van der Waals surface area contributed by atoms with Crippen LogP contribution in [0, 0.1) is 5.92 Å². The summed E-state index contributed by atoms with van der Waals surface area (Å²) < 4.78 is 0. The largest absolute Gasteiger partial charge is 0.339 e. The van der Waals surface area contributed by atoms with E-state index in [4.69, 9.17) is 5.73 Å². The molecule has 1 fully saturated rings. The predicted molar refractivity (Wildman–Crippen MR) is 56.9 cm³/mol. The Morgan fingerprint density at radius 1 is 1.50 bits per heavy atom. The maximum Gasteiger partial charge on any atom is 0.239 e. The molecule has 14 heavy (non-hydrogen) atoms. The zero-order valence-electron chi connectivity index (χ0n) is 9.12. The number of carbonyl (C=O) groups is 1. The van der Waals surface area contributed by atoms with Gasteiger partial charge in [0.05, 0.1) is 6.04 Å². The van der Waals surface area contributed by atoms with Crippen molar-refractivity contribution < 1.29 is 4.79 Å². The smallest absolute Gasteiger partial charge is 0.239 e. The van der Waals surface area contributed by atoms with Crippen molar-refractivity contribution in [1.82, 2.24) is 10.2 Å². The quantitative estimate of drug-likeness (QED) is 0.661. The molecule has 4 heteroatoms. The number of piperazine rings is 1. The molecular formula is C10H21N3O. The highest BCUT2D eigenvalue weighted by Crippen LogP contribution is 2.08. The Bertz CT molecular complexity index is 186. The van der Waals surface area contributed by atoms with Crippen LogP contribution in [0.25, 0.3) is 0 Å². The summed E-state index contributed by atoms with van der Waals surface area (Å²) in [6.07, 6.45) is 0.957. The molecule has 0 spiro atoms. The van der Waals surface area contributed by atoms with Crippen molar-refractivity contribution in [3.8, 4) is 0 Å². The van der Waals surface area contributed by atoms with E-state index in [0.717, 1.165) is 32.6 Å². The number of rotatable bonds is 3. The van der Waals surface area contributed by atoms with Crippen molar-refractivity contribution in [3.63, 3.8) is 0 Å². The van der Waals surface area contributed by atoms with Crippen LogP contribution in [0.1, 0.15) is 20.3 Å². The average Bonchev–Trinajstić information content (AvgIpc) is 2.27. The predicted octanol–water partition coefficient (Wildman–Crippen LogP) is -0.208. The van der Waals surface area contributed by atoms with E-state index in [-0.39, 0.29) is 17.9 Å². The molecule has 3 N–H and O–H groups in total. The van der Waals surface area contributed by atoms with E-state index in [0.29, 0.717) is 0 Å². The van der Waals surface area contributed by atoms with Gasteiger partial charge in [0.15, 0.2) is 0 Å². The Kier molecular flexibility index (Phi) is 4.35. The molecule has 82 valence electrons. The van der Waals surface area contributed by atoms with E-state index < -0.39 is 0 Å². The molecule has 0 aliphatic carbocycles. The van der Waals surface area contributed by atoms with Crippen LogP contribution >= 0.6 is 0 Å². The minimum atomic E-state index is -0.321. The zero-order valence-corrected chi connectivity index (χ0v) is 9.12. The Morgan fingerprint density at radius 2 is 2.07 bits per heavy atom. The third kappa shape index (κ3) is 2.69. The summed E-state index contributed by atoms with van der Waals surface area (Å²) in [6.45, 7) is 7.46. The van der Waals surface area contributed by atoms with Crippen LogP contribution in [0.3, 0.4) is 0 Å². The Labute approximate surface area is 85.8 Å². The highest BCUT2D eigenvalue weighted by atomic mass is 16.2. The summed E-state index contributed by atoms with van der Waals surface area (Å²) in [4.78, 5) is 13.7. The SMILES string of the molecule is CC[C@H](C)[C@H](N)C(=O)N1CCNCC1. The van der Waals surface area contributed by atoms with Crippen LogP contribution in [-0.2, 0) is 4.79 Å². The number of carbonyl (C=O) groups excluding carboxylic acids is 1. The average molecular weight is 199 g/mol. The number of nitrogens with zero attached hydrogens (tertiary/aromatic N) is 1. The molecular weight excluding hydrogens is 178 g/mol. The van der Waals surface area contributed by atoms with Crippen LogP contribution in [0.15, 0.2) is 0 Å². The maximum absolute atomic E-state index is 11.9. The highest BCUT2D eigenvalue weighted by Gasteiger charge is 2.25. The van der Waals surface area contributed by atoms with Gasteiger partial charge >= 0.3 is 0 Å².